The van der Waals surface area contributed by atoms with E-state index >= 15 is 0 Å². The molecule has 0 spiro atoms. The van der Waals surface area contributed by atoms with Crippen LogP contribution in [-0.2, 0) is 6.18 Å². The first-order valence-corrected chi connectivity index (χ1v) is 8.23. The van der Waals surface area contributed by atoms with E-state index in [9.17, 15) is 18.0 Å². The van der Waals surface area contributed by atoms with Crippen LogP contribution in [0.1, 0.15) is 15.2 Å². The topological polar surface area (TPSA) is 46.9 Å². The molecule has 124 valence electrons. The second kappa shape index (κ2) is 6.40. The Labute approximate surface area is 147 Å². The van der Waals surface area contributed by atoms with Crippen molar-refractivity contribution >= 4 is 38.9 Å². The molecule has 0 radical (unpaired) electrons. The van der Waals surface area contributed by atoms with Crippen molar-refractivity contribution in [2.24, 2.45) is 0 Å². The molecular formula is C15H9BrF3N3OS. The minimum Gasteiger partial charge on any atom is -0.319 e. The summed E-state index contributed by atoms with van der Waals surface area (Å²) in [6.07, 6.45) is -1.42. The largest absolute Gasteiger partial charge is 0.416 e. The molecule has 0 aliphatic heterocycles. The summed E-state index contributed by atoms with van der Waals surface area (Å²) < 4.78 is 41.0. The lowest BCUT2D eigenvalue weighted by Crippen LogP contribution is -2.14. The summed E-state index contributed by atoms with van der Waals surface area (Å²) in [5.74, 6) is -0.488. The van der Waals surface area contributed by atoms with Gasteiger partial charge >= 0.3 is 6.18 Å². The SMILES string of the molecule is O=C(Nc1cc(C(F)(F)F)ccc1-n1cccn1)c1ccc(Br)s1. The van der Waals surface area contributed by atoms with Gasteiger partial charge in [0.2, 0.25) is 0 Å². The summed E-state index contributed by atoms with van der Waals surface area (Å²) in [6.45, 7) is 0. The van der Waals surface area contributed by atoms with E-state index in [1.165, 1.54) is 28.3 Å². The van der Waals surface area contributed by atoms with E-state index in [0.29, 0.717) is 10.6 Å². The van der Waals surface area contributed by atoms with Crippen molar-refractivity contribution in [3.63, 3.8) is 0 Å². The van der Waals surface area contributed by atoms with Crippen molar-refractivity contribution in [3.05, 3.63) is 63.0 Å². The monoisotopic (exact) mass is 415 g/mol. The number of alkyl halides is 3. The van der Waals surface area contributed by atoms with Gasteiger partial charge in [-0.15, -0.1) is 11.3 Å². The van der Waals surface area contributed by atoms with Gasteiger partial charge in [-0.05, 0) is 52.3 Å². The zero-order valence-corrected chi connectivity index (χ0v) is 14.2. The van der Waals surface area contributed by atoms with Gasteiger partial charge in [-0.2, -0.15) is 18.3 Å². The second-order valence-electron chi connectivity index (χ2n) is 4.74. The number of anilines is 1. The Morgan fingerprint density at radius 3 is 2.62 bits per heavy atom. The summed E-state index contributed by atoms with van der Waals surface area (Å²) in [5.41, 5.74) is -0.471. The van der Waals surface area contributed by atoms with Gasteiger partial charge in [0.05, 0.1) is 25.6 Å². The van der Waals surface area contributed by atoms with Gasteiger partial charge in [-0.25, -0.2) is 4.68 Å². The van der Waals surface area contributed by atoms with Crippen molar-refractivity contribution in [3.8, 4) is 5.69 Å². The van der Waals surface area contributed by atoms with Crippen molar-refractivity contribution in [2.75, 3.05) is 5.32 Å². The number of carbonyl (C=O) groups excluding carboxylic acids is 1. The van der Waals surface area contributed by atoms with E-state index in [4.69, 9.17) is 0 Å². The van der Waals surface area contributed by atoms with Crippen LogP contribution in [0.15, 0.2) is 52.6 Å². The van der Waals surface area contributed by atoms with Crippen LogP contribution in [-0.4, -0.2) is 15.7 Å². The van der Waals surface area contributed by atoms with Crippen molar-refractivity contribution in [1.29, 1.82) is 0 Å². The molecule has 1 N–H and O–H groups in total. The molecule has 3 aromatic rings. The normalized spacial score (nSPS) is 11.5. The molecule has 0 bridgehead atoms. The zero-order chi connectivity index (χ0) is 17.3. The fraction of sp³-hybridized carbons (Fsp3) is 0.0667. The van der Waals surface area contributed by atoms with Gasteiger partial charge in [0.25, 0.3) is 5.91 Å². The molecule has 0 atom stereocenters. The summed E-state index contributed by atoms with van der Waals surface area (Å²) in [4.78, 5) is 12.7. The highest BCUT2D eigenvalue weighted by Crippen LogP contribution is 2.33. The number of thiophene rings is 1. The average Bonchev–Trinajstić information content (AvgIpc) is 3.17. The number of carbonyl (C=O) groups is 1. The van der Waals surface area contributed by atoms with E-state index in [1.54, 1.807) is 24.4 Å². The number of nitrogens with zero attached hydrogens (tertiary/aromatic N) is 2. The first-order valence-electron chi connectivity index (χ1n) is 6.62. The second-order valence-corrected chi connectivity index (χ2v) is 7.20. The third-order valence-electron chi connectivity index (χ3n) is 3.12. The van der Waals surface area contributed by atoms with Gasteiger partial charge in [0.1, 0.15) is 0 Å². The quantitative estimate of drug-likeness (QED) is 0.656. The van der Waals surface area contributed by atoms with Crippen molar-refractivity contribution in [1.82, 2.24) is 9.78 Å². The molecular weight excluding hydrogens is 407 g/mol. The summed E-state index contributed by atoms with van der Waals surface area (Å²) in [7, 11) is 0. The Morgan fingerprint density at radius 1 is 1.25 bits per heavy atom. The number of hydrogen-bond donors (Lipinski definition) is 1. The molecule has 1 aromatic carbocycles. The average molecular weight is 416 g/mol. The van der Waals surface area contributed by atoms with Gasteiger partial charge in [0.15, 0.2) is 0 Å². The summed E-state index contributed by atoms with van der Waals surface area (Å²) in [5, 5.41) is 6.53. The molecule has 9 heteroatoms. The lowest BCUT2D eigenvalue weighted by atomic mass is 10.1. The van der Waals surface area contributed by atoms with Crippen LogP contribution in [0.5, 0.6) is 0 Å². The lowest BCUT2D eigenvalue weighted by Gasteiger charge is -2.14. The standard InChI is InChI=1S/C15H9BrF3N3OS/c16-13-5-4-12(24-13)14(23)21-10-8-9(15(17,18)19)2-3-11(10)22-7-1-6-20-22/h1-8H,(H,21,23). The fourth-order valence-corrected chi connectivity index (χ4v) is 3.33. The first kappa shape index (κ1) is 16.7. The van der Waals surface area contributed by atoms with Crippen LogP contribution in [0.2, 0.25) is 0 Å². The van der Waals surface area contributed by atoms with E-state index in [2.05, 4.69) is 26.3 Å². The molecule has 2 aromatic heterocycles. The Hall–Kier alpha value is -2.13. The smallest absolute Gasteiger partial charge is 0.319 e. The molecule has 0 aliphatic carbocycles. The number of aromatic nitrogens is 2. The predicted molar refractivity (Wildman–Crippen MR) is 88.5 cm³/mol. The fourth-order valence-electron chi connectivity index (χ4n) is 2.04. The Bertz CT molecular complexity index is 874. The van der Waals surface area contributed by atoms with Crippen molar-refractivity contribution < 1.29 is 18.0 Å². The van der Waals surface area contributed by atoms with E-state index < -0.39 is 17.6 Å². The molecule has 4 nitrogen and oxygen atoms in total. The molecule has 0 fully saturated rings. The van der Waals surface area contributed by atoms with Crippen molar-refractivity contribution in [2.45, 2.75) is 6.18 Å². The van der Waals surface area contributed by atoms with Crippen LogP contribution in [0.25, 0.3) is 5.69 Å². The molecule has 24 heavy (non-hydrogen) atoms. The maximum absolute atomic E-state index is 13.0. The highest BCUT2D eigenvalue weighted by molar-refractivity contribution is 9.11. The highest BCUT2D eigenvalue weighted by Gasteiger charge is 2.31. The molecule has 1 amide bonds. The third-order valence-corrected chi connectivity index (χ3v) is 4.74. The number of benzene rings is 1. The maximum atomic E-state index is 13.0. The van der Waals surface area contributed by atoms with Crippen LogP contribution >= 0.6 is 27.3 Å². The van der Waals surface area contributed by atoms with Crippen LogP contribution in [0, 0.1) is 0 Å². The molecule has 0 saturated carbocycles. The van der Waals surface area contributed by atoms with Crippen LogP contribution in [0.4, 0.5) is 18.9 Å². The Balaban J connectivity index is 2.01. The number of nitrogens with one attached hydrogen (secondary N) is 1. The first-order chi connectivity index (χ1) is 11.3. The number of rotatable bonds is 3. The lowest BCUT2D eigenvalue weighted by molar-refractivity contribution is -0.137. The minimum absolute atomic E-state index is 0.0306. The van der Waals surface area contributed by atoms with Gasteiger partial charge in [-0.1, -0.05) is 0 Å². The predicted octanol–water partition coefficient (Wildman–Crippen LogP) is 4.97. The molecule has 0 aliphatic rings. The van der Waals surface area contributed by atoms with Gasteiger partial charge in [0, 0.05) is 12.4 Å². The maximum Gasteiger partial charge on any atom is 0.416 e. The van der Waals surface area contributed by atoms with E-state index in [0.717, 1.165) is 15.9 Å². The van der Waals surface area contributed by atoms with Gasteiger partial charge in [-0.3, -0.25) is 4.79 Å². The molecule has 3 rings (SSSR count). The van der Waals surface area contributed by atoms with Crippen LogP contribution in [0.3, 0.4) is 0 Å². The molecule has 2 heterocycles. The molecule has 0 saturated heterocycles. The van der Waals surface area contributed by atoms with Gasteiger partial charge < -0.3 is 5.32 Å². The summed E-state index contributed by atoms with van der Waals surface area (Å²) in [6, 6.07) is 8.05. The summed E-state index contributed by atoms with van der Waals surface area (Å²) >= 11 is 4.43. The third kappa shape index (κ3) is 3.51. The zero-order valence-electron chi connectivity index (χ0n) is 11.8. The Morgan fingerprint density at radius 2 is 2.04 bits per heavy atom. The Kier molecular flexibility index (Phi) is 4.46. The number of amides is 1. The van der Waals surface area contributed by atoms with E-state index in [1.807, 2.05) is 0 Å². The van der Waals surface area contributed by atoms with Crippen LogP contribution < -0.4 is 5.32 Å². The number of hydrogen-bond acceptors (Lipinski definition) is 3. The van der Waals surface area contributed by atoms with E-state index in [-0.39, 0.29) is 5.69 Å². The highest BCUT2D eigenvalue weighted by atomic mass is 79.9. The number of halogens is 4. The minimum atomic E-state index is -4.51. The molecule has 0 unspecified atom stereocenters.